The number of aromatic nitrogens is 1. The van der Waals surface area contributed by atoms with Gasteiger partial charge in [-0.2, -0.15) is 0 Å². The average Bonchev–Trinajstić information content (AvgIpc) is 2.18. The van der Waals surface area contributed by atoms with Gasteiger partial charge in [0.05, 0.1) is 0 Å². The molecule has 0 bridgehead atoms. The molecular formula is C13H20N2. The molecule has 0 aliphatic heterocycles. The van der Waals surface area contributed by atoms with Crippen LogP contribution in [0.2, 0.25) is 0 Å². The van der Waals surface area contributed by atoms with Gasteiger partial charge in [-0.05, 0) is 45.7 Å². The third kappa shape index (κ3) is 5.21. The molecule has 1 unspecified atom stereocenters. The molecule has 1 rings (SSSR count). The highest BCUT2D eigenvalue weighted by Gasteiger charge is 2.00. The molecule has 82 valence electrons. The van der Waals surface area contributed by atoms with Crippen LogP contribution in [0.3, 0.4) is 0 Å². The van der Waals surface area contributed by atoms with Crippen molar-refractivity contribution in [2.45, 2.75) is 39.7 Å². The summed E-state index contributed by atoms with van der Waals surface area (Å²) in [6, 6.07) is 6.39. The summed E-state index contributed by atoms with van der Waals surface area (Å²) in [5.41, 5.74) is 1.39. The molecular weight excluding hydrogens is 184 g/mol. The lowest BCUT2D eigenvalue weighted by Gasteiger charge is -2.13. The van der Waals surface area contributed by atoms with E-state index in [-0.39, 0.29) is 0 Å². The van der Waals surface area contributed by atoms with Crippen molar-refractivity contribution in [2.75, 3.05) is 5.32 Å². The quantitative estimate of drug-likeness (QED) is 0.741. The monoisotopic (exact) mass is 204 g/mol. The first-order valence-electron chi connectivity index (χ1n) is 5.49. The Bertz CT molecular complexity index is 300. The van der Waals surface area contributed by atoms with Gasteiger partial charge < -0.3 is 5.32 Å². The molecule has 0 amide bonds. The standard InChI is InChI=1S/C13H20N2/c1-11(2)7-6-8-12(3)15-13-9-4-5-10-14-13/h4-5,7,9-10,12H,6,8H2,1-3H3,(H,14,15). The van der Waals surface area contributed by atoms with E-state index in [1.807, 2.05) is 24.4 Å². The molecule has 1 aromatic heterocycles. The third-order valence-corrected chi connectivity index (χ3v) is 2.21. The number of anilines is 1. The zero-order valence-corrected chi connectivity index (χ0v) is 9.83. The lowest BCUT2D eigenvalue weighted by molar-refractivity contribution is 0.713. The summed E-state index contributed by atoms with van der Waals surface area (Å²) in [6.45, 7) is 6.46. The Morgan fingerprint density at radius 3 is 2.87 bits per heavy atom. The molecule has 1 N–H and O–H groups in total. The van der Waals surface area contributed by atoms with E-state index in [1.165, 1.54) is 5.57 Å². The topological polar surface area (TPSA) is 24.9 Å². The van der Waals surface area contributed by atoms with Gasteiger partial charge in [0.2, 0.25) is 0 Å². The van der Waals surface area contributed by atoms with E-state index in [0.29, 0.717) is 6.04 Å². The van der Waals surface area contributed by atoms with Crippen LogP contribution in [0.1, 0.15) is 33.6 Å². The number of rotatable bonds is 5. The Kier molecular flexibility index (Phi) is 4.88. The van der Waals surface area contributed by atoms with Crippen LogP contribution in [0, 0.1) is 0 Å². The van der Waals surface area contributed by atoms with Crippen molar-refractivity contribution in [1.82, 2.24) is 4.98 Å². The maximum absolute atomic E-state index is 4.24. The minimum Gasteiger partial charge on any atom is -0.368 e. The zero-order chi connectivity index (χ0) is 11.1. The van der Waals surface area contributed by atoms with Crippen LogP contribution in [0.4, 0.5) is 5.82 Å². The summed E-state index contributed by atoms with van der Waals surface area (Å²) in [4.78, 5) is 4.24. The zero-order valence-electron chi connectivity index (χ0n) is 9.83. The van der Waals surface area contributed by atoms with Crippen molar-refractivity contribution in [3.63, 3.8) is 0 Å². The van der Waals surface area contributed by atoms with Crippen molar-refractivity contribution < 1.29 is 0 Å². The van der Waals surface area contributed by atoms with Crippen LogP contribution in [-0.2, 0) is 0 Å². The van der Waals surface area contributed by atoms with E-state index in [9.17, 15) is 0 Å². The Morgan fingerprint density at radius 1 is 1.47 bits per heavy atom. The third-order valence-electron chi connectivity index (χ3n) is 2.21. The summed E-state index contributed by atoms with van der Waals surface area (Å²) in [5, 5.41) is 3.38. The van der Waals surface area contributed by atoms with E-state index in [2.05, 4.69) is 37.1 Å². The van der Waals surface area contributed by atoms with Crippen molar-refractivity contribution >= 4 is 5.82 Å². The molecule has 0 aliphatic carbocycles. The lowest BCUT2D eigenvalue weighted by Crippen LogP contribution is -2.15. The predicted octanol–water partition coefficient (Wildman–Crippen LogP) is 3.63. The number of hydrogen-bond donors (Lipinski definition) is 1. The van der Waals surface area contributed by atoms with Crippen molar-refractivity contribution in [3.8, 4) is 0 Å². The first-order chi connectivity index (χ1) is 7.18. The fraction of sp³-hybridized carbons (Fsp3) is 0.462. The Labute approximate surface area is 92.4 Å². The Balaban J connectivity index is 2.30. The van der Waals surface area contributed by atoms with E-state index in [0.717, 1.165) is 18.7 Å². The van der Waals surface area contributed by atoms with Crippen molar-refractivity contribution in [2.24, 2.45) is 0 Å². The molecule has 1 aromatic rings. The van der Waals surface area contributed by atoms with Crippen LogP contribution in [0.25, 0.3) is 0 Å². The van der Waals surface area contributed by atoms with Gasteiger partial charge in [-0.1, -0.05) is 17.7 Å². The van der Waals surface area contributed by atoms with Crippen molar-refractivity contribution in [3.05, 3.63) is 36.0 Å². The average molecular weight is 204 g/mol. The first-order valence-corrected chi connectivity index (χ1v) is 5.49. The fourth-order valence-electron chi connectivity index (χ4n) is 1.39. The SMILES string of the molecule is CC(C)=CCCC(C)Nc1ccccn1. The van der Waals surface area contributed by atoms with Crippen molar-refractivity contribution in [1.29, 1.82) is 0 Å². The van der Waals surface area contributed by atoms with Gasteiger partial charge in [0.15, 0.2) is 0 Å². The molecule has 1 atom stereocenters. The molecule has 1 heterocycles. The van der Waals surface area contributed by atoms with E-state index in [4.69, 9.17) is 0 Å². The van der Waals surface area contributed by atoms with E-state index in [1.54, 1.807) is 0 Å². The first kappa shape index (κ1) is 11.8. The maximum Gasteiger partial charge on any atom is 0.126 e. The van der Waals surface area contributed by atoms with Gasteiger partial charge >= 0.3 is 0 Å². The van der Waals surface area contributed by atoms with Gasteiger partial charge in [-0.25, -0.2) is 4.98 Å². The van der Waals surface area contributed by atoms with Gasteiger partial charge in [-0.15, -0.1) is 0 Å². The number of allylic oxidation sites excluding steroid dienone is 2. The van der Waals surface area contributed by atoms with Gasteiger partial charge in [-0.3, -0.25) is 0 Å². The second-order valence-corrected chi connectivity index (χ2v) is 4.12. The molecule has 0 fully saturated rings. The summed E-state index contributed by atoms with van der Waals surface area (Å²) >= 11 is 0. The number of nitrogens with zero attached hydrogens (tertiary/aromatic N) is 1. The van der Waals surface area contributed by atoms with Gasteiger partial charge in [0, 0.05) is 12.2 Å². The van der Waals surface area contributed by atoms with Crippen LogP contribution in [0.5, 0.6) is 0 Å². The summed E-state index contributed by atoms with van der Waals surface area (Å²) in [5.74, 6) is 0.960. The normalized spacial score (nSPS) is 11.9. The highest BCUT2D eigenvalue weighted by atomic mass is 15.0. The summed E-state index contributed by atoms with van der Waals surface area (Å²) < 4.78 is 0. The molecule has 0 saturated heterocycles. The highest BCUT2D eigenvalue weighted by molar-refractivity contribution is 5.34. The predicted molar refractivity (Wildman–Crippen MR) is 66.0 cm³/mol. The van der Waals surface area contributed by atoms with Gasteiger partial charge in [0.1, 0.15) is 5.82 Å². The van der Waals surface area contributed by atoms with E-state index >= 15 is 0 Å². The molecule has 0 spiro atoms. The Hall–Kier alpha value is -1.31. The number of nitrogens with one attached hydrogen (secondary N) is 1. The second kappa shape index (κ2) is 6.23. The second-order valence-electron chi connectivity index (χ2n) is 4.12. The van der Waals surface area contributed by atoms with E-state index < -0.39 is 0 Å². The minimum absolute atomic E-state index is 0.468. The molecule has 0 aromatic carbocycles. The van der Waals surface area contributed by atoms with Crippen LogP contribution in [-0.4, -0.2) is 11.0 Å². The molecule has 0 aliphatic rings. The van der Waals surface area contributed by atoms with Crippen LogP contribution >= 0.6 is 0 Å². The Morgan fingerprint density at radius 2 is 2.27 bits per heavy atom. The van der Waals surface area contributed by atoms with Crippen LogP contribution < -0.4 is 5.32 Å². The lowest BCUT2D eigenvalue weighted by atomic mass is 10.1. The molecule has 2 heteroatoms. The van der Waals surface area contributed by atoms with Gasteiger partial charge in [0.25, 0.3) is 0 Å². The minimum atomic E-state index is 0.468. The molecule has 2 nitrogen and oxygen atoms in total. The summed E-state index contributed by atoms with van der Waals surface area (Å²) in [7, 11) is 0. The number of pyridine rings is 1. The number of hydrogen-bond acceptors (Lipinski definition) is 2. The van der Waals surface area contributed by atoms with Crippen LogP contribution in [0.15, 0.2) is 36.0 Å². The molecule has 0 saturated carbocycles. The molecule has 0 radical (unpaired) electrons. The smallest absolute Gasteiger partial charge is 0.126 e. The molecule has 15 heavy (non-hydrogen) atoms. The maximum atomic E-state index is 4.24. The summed E-state index contributed by atoms with van der Waals surface area (Å²) in [6.07, 6.45) is 6.35. The largest absolute Gasteiger partial charge is 0.368 e. The highest BCUT2D eigenvalue weighted by Crippen LogP contribution is 2.07. The fourth-order valence-corrected chi connectivity index (χ4v) is 1.39.